The van der Waals surface area contributed by atoms with Crippen molar-refractivity contribution in [1.29, 1.82) is 0 Å². The normalized spacial score (nSPS) is 17.9. The zero-order valence-corrected chi connectivity index (χ0v) is 17.8. The number of amides is 1. The average molecular weight is 427 g/mol. The number of hydrogen-bond acceptors (Lipinski definition) is 4. The Labute approximate surface area is 183 Å². The van der Waals surface area contributed by atoms with E-state index in [2.05, 4.69) is 27.9 Å². The fraction of sp³-hybridized carbons (Fsp3) is 0.304. The molecule has 2 heterocycles. The van der Waals surface area contributed by atoms with Crippen molar-refractivity contribution >= 4 is 18.3 Å². The van der Waals surface area contributed by atoms with E-state index in [1.165, 1.54) is 0 Å². The van der Waals surface area contributed by atoms with Crippen LogP contribution >= 0.6 is 12.4 Å². The van der Waals surface area contributed by atoms with Crippen LogP contribution < -0.4 is 15.4 Å². The molecule has 0 radical (unpaired) electrons. The first-order chi connectivity index (χ1) is 14.2. The highest BCUT2D eigenvalue weighted by Gasteiger charge is 2.34. The topological polar surface area (TPSA) is 68.2 Å². The molecule has 2 N–H and O–H groups in total. The van der Waals surface area contributed by atoms with Crippen LogP contribution in [-0.4, -0.2) is 41.9 Å². The molecule has 30 heavy (non-hydrogen) atoms. The third-order valence-electron chi connectivity index (χ3n) is 5.33. The number of aryl methyl sites for hydroxylation is 1. The monoisotopic (exact) mass is 426 g/mol. The molecule has 1 fully saturated rings. The van der Waals surface area contributed by atoms with Gasteiger partial charge in [0.15, 0.2) is 0 Å². The Kier molecular flexibility index (Phi) is 7.49. The minimum Gasteiger partial charge on any atom is -0.491 e. The third-order valence-corrected chi connectivity index (χ3v) is 5.33. The zero-order valence-electron chi connectivity index (χ0n) is 17.0. The van der Waals surface area contributed by atoms with Crippen LogP contribution in [0.5, 0.6) is 5.75 Å². The average Bonchev–Trinajstić information content (AvgIpc) is 3.41. The molecule has 0 aliphatic carbocycles. The molecule has 0 unspecified atom stereocenters. The van der Waals surface area contributed by atoms with Gasteiger partial charge in [-0.05, 0) is 17.2 Å². The van der Waals surface area contributed by atoms with Crippen LogP contribution in [0.15, 0.2) is 67.0 Å². The van der Waals surface area contributed by atoms with E-state index >= 15 is 0 Å². The molecule has 0 spiro atoms. The maximum absolute atomic E-state index is 12.7. The highest BCUT2D eigenvalue weighted by molar-refractivity contribution is 5.85. The maximum atomic E-state index is 12.7. The van der Waals surface area contributed by atoms with E-state index in [1.54, 1.807) is 4.68 Å². The van der Waals surface area contributed by atoms with Crippen LogP contribution in [0.2, 0.25) is 0 Å². The summed E-state index contributed by atoms with van der Waals surface area (Å²) >= 11 is 0. The maximum Gasteiger partial charge on any atom is 0.225 e. The van der Waals surface area contributed by atoms with E-state index in [0.29, 0.717) is 19.7 Å². The SMILES string of the molecule is Cl.Cn1cc([C@H]2CNC[C@@H]2C(=O)NCCOc2ccccc2-c2ccccc2)cn1. The van der Waals surface area contributed by atoms with Gasteiger partial charge in [0.2, 0.25) is 5.91 Å². The first kappa shape index (κ1) is 21.9. The first-order valence-corrected chi connectivity index (χ1v) is 9.96. The second-order valence-electron chi connectivity index (χ2n) is 7.32. The lowest BCUT2D eigenvalue weighted by Gasteiger charge is -2.17. The van der Waals surface area contributed by atoms with Crippen LogP contribution in [0.25, 0.3) is 11.1 Å². The number of hydrogen-bond donors (Lipinski definition) is 2. The molecule has 2 aromatic carbocycles. The summed E-state index contributed by atoms with van der Waals surface area (Å²) < 4.78 is 7.75. The Balaban J connectivity index is 0.00000256. The summed E-state index contributed by atoms with van der Waals surface area (Å²) in [5, 5.41) is 10.6. The van der Waals surface area contributed by atoms with Gasteiger partial charge in [-0.2, -0.15) is 5.10 Å². The van der Waals surface area contributed by atoms with Crippen LogP contribution in [-0.2, 0) is 11.8 Å². The van der Waals surface area contributed by atoms with Gasteiger partial charge in [0.05, 0.1) is 18.7 Å². The highest BCUT2D eigenvalue weighted by Crippen LogP contribution is 2.30. The summed E-state index contributed by atoms with van der Waals surface area (Å²) in [6, 6.07) is 18.1. The van der Waals surface area contributed by atoms with Crippen LogP contribution in [0, 0.1) is 5.92 Å². The van der Waals surface area contributed by atoms with Crippen LogP contribution in [0.4, 0.5) is 0 Å². The summed E-state index contributed by atoms with van der Waals surface area (Å²) in [4.78, 5) is 12.7. The number of halogens is 1. The van der Waals surface area contributed by atoms with Crippen molar-refractivity contribution in [3.8, 4) is 16.9 Å². The molecule has 2 atom stereocenters. The lowest BCUT2D eigenvalue weighted by Crippen LogP contribution is -2.36. The number of aromatic nitrogens is 2. The van der Waals surface area contributed by atoms with Gasteiger partial charge in [-0.15, -0.1) is 12.4 Å². The van der Waals surface area contributed by atoms with E-state index in [1.807, 2.05) is 61.9 Å². The Hall–Kier alpha value is -2.83. The summed E-state index contributed by atoms with van der Waals surface area (Å²) in [7, 11) is 1.89. The largest absolute Gasteiger partial charge is 0.491 e. The number of ether oxygens (including phenoxy) is 1. The standard InChI is InChI=1S/C23H26N4O2.ClH/c1-27-16-18(13-26-27)20-14-24-15-21(20)23(28)25-11-12-29-22-10-6-5-9-19(22)17-7-3-2-4-8-17;/h2-10,13,16,20-21,24H,11-12,14-15H2,1H3,(H,25,28);1H/t20-,21+;/m1./s1. The van der Waals surface area contributed by atoms with E-state index < -0.39 is 0 Å². The molecule has 1 amide bonds. The number of nitrogens with one attached hydrogen (secondary N) is 2. The molecule has 0 bridgehead atoms. The van der Waals surface area contributed by atoms with Crippen molar-refractivity contribution < 1.29 is 9.53 Å². The summed E-state index contributed by atoms with van der Waals surface area (Å²) in [6.07, 6.45) is 3.84. The minimum atomic E-state index is -0.0872. The highest BCUT2D eigenvalue weighted by atomic mass is 35.5. The second-order valence-corrected chi connectivity index (χ2v) is 7.32. The Morgan fingerprint density at radius 2 is 1.93 bits per heavy atom. The number of carbonyl (C=O) groups is 1. The van der Waals surface area contributed by atoms with Crippen LogP contribution in [0.1, 0.15) is 11.5 Å². The molecule has 6 nitrogen and oxygen atoms in total. The van der Waals surface area contributed by atoms with Gasteiger partial charge in [0.1, 0.15) is 12.4 Å². The molecule has 3 aromatic rings. The molecule has 1 aliphatic heterocycles. The lowest BCUT2D eigenvalue weighted by atomic mass is 9.90. The third kappa shape index (κ3) is 5.01. The van der Waals surface area contributed by atoms with Crippen molar-refractivity contribution in [2.24, 2.45) is 13.0 Å². The van der Waals surface area contributed by atoms with E-state index in [-0.39, 0.29) is 30.2 Å². The predicted molar refractivity (Wildman–Crippen MR) is 120 cm³/mol. The van der Waals surface area contributed by atoms with Crippen LogP contribution in [0.3, 0.4) is 0 Å². The first-order valence-electron chi connectivity index (χ1n) is 9.96. The van der Waals surface area contributed by atoms with Crippen molar-refractivity contribution in [1.82, 2.24) is 20.4 Å². The quantitative estimate of drug-likeness (QED) is 0.570. The summed E-state index contributed by atoms with van der Waals surface area (Å²) in [5.41, 5.74) is 3.27. The Morgan fingerprint density at radius 1 is 1.17 bits per heavy atom. The smallest absolute Gasteiger partial charge is 0.225 e. The fourth-order valence-electron chi connectivity index (χ4n) is 3.85. The minimum absolute atomic E-state index is 0. The zero-order chi connectivity index (χ0) is 20.1. The Morgan fingerprint density at radius 3 is 2.70 bits per heavy atom. The van der Waals surface area contributed by atoms with Crippen molar-refractivity contribution in [2.75, 3.05) is 26.2 Å². The number of carbonyl (C=O) groups excluding carboxylic acids is 1. The Bertz CT molecular complexity index is 961. The molecule has 0 saturated carbocycles. The molecule has 1 saturated heterocycles. The van der Waals surface area contributed by atoms with Gasteiger partial charge in [0.25, 0.3) is 0 Å². The second kappa shape index (κ2) is 10.3. The number of benzene rings is 2. The number of nitrogens with zero attached hydrogens (tertiary/aromatic N) is 2. The molecular weight excluding hydrogens is 400 g/mol. The summed E-state index contributed by atoms with van der Waals surface area (Å²) in [6.45, 7) is 2.37. The van der Waals surface area contributed by atoms with E-state index in [0.717, 1.165) is 29.0 Å². The molecule has 7 heteroatoms. The summed E-state index contributed by atoms with van der Waals surface area (Å²) in [5.74, 6) is 0.951. The van der Waals surface area contributed by atoms with Crippen molar-refractivity contribution in [3.63, 3.8) is 0 Å². The van der Waals surface area contributed by atoms with Gasteiger partial charge < -0.3 is 15.4 Å². The van der Waals surface area contributed by atoms with Gasteiger partial charge in [-0.25, -0.2) is 0 Å². The van der Waals surface area contributed by atoms with Gasteiger partial charge in [0, 0.05) is 37.8 Å². The van der Waals surface area contributed by atoms with Crippen molar-refractivity contribution in [2.45, 2.75) is 5.92 Å². The number of rotatable bonds is 7. The lowest BCUT2D eigenvalue weighted by molar-refractivity contribution is -0.124. The molecule has 1 aliphatic rings. The van der Waals surface area contributed by atoms with Crippen molar-refractivity contribution in [3.05, 3.63) is 72.6 Å². The molecular formula is C23H27ClN4O2. The number of para-hydroxylation sites is 1. The molecule has 4 rings (SSSR count). The van der Waals surface area contributed by atoms with Gasteiger partial charge in [-0.1, -0.05) is 48.5 Å². The van der Waals surface area contributed by atoms with Gasteiger partial charge >= 0.3 is 0 Å². The van der Waals surface area contributed by atoms with E-state index in [9.17, 15) is 4.79 Å². The molecule has 1 aromatic heterocycles. The fourth-order valence-corrected chi connectivity index (χ4v) is 3.85. The van der Waals surface area contributed by atoms with Gasteiger partial charge in [-0.3, -0.25) is 9.48 Å². The predicted octanol–water partition coefficient (Wildman–Crippen LogP) is 3.01. The van der Waals surface area contributed by atoms with E-state index in [4.69, 9.17) is 4.74 Å². The molecule has 158 valence electrons.